The highest BCUT2D eigenvalue weighted by atomic mass is 32.1. The average Bonchev–Trinajstić information content (AvgIpc) is 3.18. The Labute approximate surface area is 133 Å². The van der Waals surface area contributed by atoms with E-state index in [1.807, 2.05) is 0 Å². The van der Waals surface area contributed by atoms with E-state index < -0.39 is 28.9 Å². The second-order valence-electron chi connectivity index (χ2n) is 4.07. The minimum absolute atomic E-state index is 0.345. The van der Waals surface area contributed by atoms with Crippen LogP contribution < -0.4 is 0 Å². The molecule has 0 atom stereocenters. The van der Waals surface area contributed by atoms with Gasteiger partial charge < -0.3 is 10.2 Å². The molecule has 0 radical (unpaired) electrons. The van der Waals surface area contributed by atoms with E-state index in [4.69, 9.17) is 0 Å². The van der Waals surface area contributed by atoms with E-state index in [2.05, 4.69) is 0 Å². The van der Waals surface area contributed by atoms with E-state index in [9.17, 15) is 24.6 Å². The number of hydrogen-bond acceptors (Lipinski definition) is 7. The topological polar surface area (TPSA) is 91.7 Å². The first kappa shape index (κ1) is 15.9. The van der Waals surface area contributed by atoms with E-state index >= 15 is 0 Å². The SMILES string of the molecule is O=C(C(O)=CC(=O)c1cccs1)C(O)=CC(=O)c1cccs1. The Bertz CT molecular complexity index is 688. The third kappa shape index (κ3) is 3.78. The Hall–Kier alpha value is -2.51. The molecule has 0 aliphatic rings. The molecule has 0 saturated carbocycles. The summed E-state index contributed by atoms with van der Waals surface area (Å²) in [4.78, 5) is 35.8. The maximum atomic E-state index is 11.7. The Morgan fingerprint density at radius 3 is 1.55 bits per heavy atom. The number of hydrogen-bond donors (Lipinski definition) is 2. The molecular formula is C15H10O5S2. The molecule has 2 heterocycles. The fraction of sp³-hybridized carbons (Fsp3) is 0. The standard InChI is InChI=1S/C15H10O5S2/c16-9(13-3-1-5-21-13)7-11(18)15(20)12(19)8-10(17)14-4-2-6-22-14/h1-8,18-19H. The zero-order valence-electron chi connectivity index (χ0n) is 11.1. The van der Waals surface area contributed by atoms with Crippen molar-refractivity contribution in [2.45, 2.75) is 0 Å². The van der Waals surface area contributed by atoms with Gasteiger partial charge in [-0.1, -0.05) is 12.1 Å². The van der Waals surface area contributed by atoms with Gasteiger partial charge >= 0.3 is 0 Å². The Morgan fingerprint density at radius 1 is 0.818 bits per heavy atom. The number of carbonyl (C=O) groups is 3. The zero-order chi connectivity index (χ0) is 16.1. The first-order valence-corrected chi connectivity index (χ1v) is 7.76. The van der Waals surface area contributed by atoms with Crippen LogP contribution in [0.1, 0.15) is 19.3 Å². The van der Waals surface area contributed by atoms with Crippen LogP contribution in [0.5, 0.6) is 0 Å². The number of carbonyl (C=O) groups excluding carboxylic acids is 3. The summed E-state index contributed by atoms with van der Waals surface area (Å²) < 4.78 is 0. The van der Waals surface area contributed by atoms with Crippen LogP contribution in [0.3, 0.4) is 0 Å². The van der Waals surface area contributed by atoms with Crippen molar-refractivity contribution in [1.29, 1.82) is 0 Å². The van der Waals surface area contributed by atoms with Crippen molar-refractivity contribution in [2.24, 2.45) is 0 Å². The maximum absolute atomic E-state index is 11.7. The van der Waals surface area contributed by atoms with Crippen molar-refractivity contribution in [1.82, 2.24) is 0 Å². The van der Waals surface area contributed by atoms with Crippen LogP contribution in [0.2, 0.25) is 0 Å². The summed E-state index contributed by atoms with van der Waals surface area (Å²) in [5, 5.41) is 22.5. The largest absolute Gasteiger partial charge is 0.504 e. The number of rotatable bonds is 6. The monoisotopic (exact) mass is 334 g/mol. The molecule has 0 spiro atoms. The molecule has 0 amide bonds. The molecule has 5 nitrogen and oxygen atoms in total. The molecule has 0 aliphatic carbocycles. The summed E-state index contributed by atoms with van der Waals surface area (Å²) in [5.74, 6) is -4.15. The molecule has 0 fully saturated rings. The molecule has 2 aromatic heterocycles. The van der Waals surface area contributed by atoms with Gasteiger partial charge in [-0.15, -0.1) is 22.7 Å². The van der Waals surface area contributed by atoms with E-state index in [1.54, 1.807) is 22.9 Å². The molecule has 22 heavy (non-hydrogen) atoms. The van der Waals surface area contributed by atoms with E-state index in [1.165, 1.54) is 12.1 Å². The van der Waals surface area contributed by atoms with Crippen LogP contribution in [0.4, 0.5) is 0 Å². The van der Waals surface area contributed by atoms with Crippen molar-refractivity contribution in [2.75, 3.05) is 0 Å². The van der Waals surface area contributed by atoms with Crippen LogP contribution in [0, 0.1) is 0 Å². The van der Waals surface area contributed by atoms with Crippen molar-refractivity contribution in [3.05, 3.63) is 68.5 Å². The average molecular weight is 334 g/mol. The lowest BCUT2D eigenvalue weighted by molar-refractivity contribution is -0.116. The van der Waals surface area contributed by atoms with Gasteiger partial charge in [-0.3, -0.25) is 14.4 Å². The Morgan fingerprint density at radius 2 is 1.23 bits per heavy atom. The first-order valence-electron chi connectivity index (χ1n) is 6.00. The number of aliphatic hydroxyl groups excluding tert-OH is 2. The maximum Gasteiger partial charge on any atom is 0.261 e. The second kappa shape index (κ2) is 6.97. The van der Waals surface area contributed by atoms with Crippen LogP contribution in [0.15, 0.2) is 58.7 Å². The molecule has 0 saturated heterocycles. The highest BCUT2D eigenvalue weighted by Gasteiger charge is 2.17. The number of allylic oxidation sites excluding steroid dienone is 2. The summed E-state index contributed by atoms with van der Waals surface area (Å²) in [6, 6.07) is 6.39. The predicted octanol–water partition coefficient (Wildman–Crippen LogP) is 3.33. The van der Waals surface area contributed by atoms with Gasteiger partial charge in [0.1, 0.15) is 0 Å². The highest BCUT2D eigenvalue weighted by Crippen LogP contribution is 2.13. The lowest BCUT2D eigenvalue weighted by Crippen LogP contribution is -2.09. The minimum atomic E-state index is -1.19. The molecule has 0 aromatic carbocycles. The number of aliphatic hydroxyl groups is 2. The molecule has 7 heteroatoms. The van der Waals surface area contributed by atoms with Crippen LogP contribution in [-0.2, 0) is 4.79 Å². The van der Waals surface area contributed by atoms with E-state index in [0.717, 1.165) is 22.7 Å². The predicted molar refractivity (Wildman–Crippen MR) is 83.7 cm³/mol. The summed E-state index contributed by atoms with van der Waals surface area (Å²) in [6.45, 7) is 0. The lowest BCUT2D eigenvalue weighted by atomic mass is 10.2. The van der Waals surface area contributed by atoms with Gasteiger partial charge in [-0.05, 0) is 22.9 Å². The van der Waals surface area contributed by atoms with Crippen molar-refractivity contribution >= 4 is 40.0 Å². The Balaban J connectivity index is 2.13. The van der Waals surface area contributed by atoms with E-state index in [0.29, 0.717) is 21.9 Å². The molecule has 112 valence electrons. The number of thiophene rings is 2. The van der Waals surface area contributed by atoms with Gasteiger partial charge in [0.05, 0.1) is 9.75 Å². The highest BCUT2D eigenvalue weighted by molar-refractivity contribution is 7.12. The minimum Gasteiger partial charge on any atom is -0.504 e. The van der Waals surface area contributed by atoms with Gasteiger partial charge in [-0.2, -0.15) is 0 Å². The molecule has 0 aliphatic heterocycles. The van der Waals surface area contributed by atoms with Crippen LogP contribution in [0.25, 0.3) is 0 Å². The summed E-state index contributed by atoms with van der Waals surface area (Å²) in [7, 11) is 0. The molecule has 2 N–H and O–H groups in total. The zero-order valence-corrected chi connectivity index (χ0v) is 12.7. The van der Waals surface area contributed by atoms with Gasteiger partial charge in [-0.25, -0.2) is 0 Å². The van der Waals surface area contributed by atoms with Gasteiger partial charge in [0.2, 0.25) is 0 Å². The van der Waals surface area contributed by atoms with Crippen molar-refractivity contribution in [3.8, 4) is 0 Å². The smallest absolute Gasteiger partial charge is 0.261 e. The van der Waals surface area contributed by atoms with Crippen molar-refractivity contribution in [3.63, 3.8) is 0 Å². The first-order chi connectivity index (χ1) is 10.5. The lowest BCUT2D eigenvalue weighted by Gasteiger charge is -1.98. The summed E-state index contributed by atoms with van der Waals surface area (Å²) in [5.41, 5.74) is 0. The van der Waals surface area contributed by atoms with Crippen LogP contribution in [-0.4, -0.2) is 27.6 Å². The van der Waals surface area contributed by atoms with Gasteiger partial charge in [0.25, 0.3) is 5.78 Å². The molecule has 0 unspecified atom stereocenters. The molecular weight excluding hydrogens is 324 g/mol. The summed E-state index contributed by atoms with van der Waals surface area (Å²) in [6.07, 6.45) is 1.43. The fourth-order valence-electron chi connectivity index (χ4n) is 1.49. The Kier molecular flexibility index (Phi) is 5.03. The summed E-state index contributed by atoms with van der Waals surface area (Å²) >= 11 is 2.31. The van der Waals surface area contributed by atoms with Crippen LogP contribution >= 0.6 is 22.7 Å². The second-order valence-corrected chi connectivity index (χ2v) is 5.97. The number of Topliss-reactive ketones (excluding diaryl/α,β-unsaturated/α-hetero) is 1. The van der Waals surface area contributed by atoms with Gasteiger partial charge in [0, 0.05) is 12.2 Å². The number of ketones is 3. The van der Waals surface area contributed by atoms with Crippen molar-refractivity contribution < 1.29 is 24.6 Å². The molecule has 0 bridgehead atoms. The van der Waals surface area contributed by atoms with Gasteiger partial charge in [0.15, 0.2) is 23.1 Å². The fourth-order valence-corrected chi connectivity index (χ4v) is 2.76. The van der Waals surface area contributed by atoms with E-state index in [-0.39, 0.29) is 0 Å². The third-order valence-corrected chi connectivity index (χ3v) is 4.30. The quantitative estimate of drug-likeness (QED) is 0.480. The third-order valence-electron chi connectivity index (χ3n) is 2.53. The molecule has 2 rings (SSSR count). The normalized spacial score (nSPS) is 12.2. The molecule has 2 aromatic rings.